The molecule has 3 aromatic carbocycles. The lowest BCUT2D eigenvalue weighted by Crippen LogP contribution is -2.54. The molecule has 4 nitrogen and oxygen atoms in total. The summed E-state index contributed by atoms with van der Waals surface area (Å²) in [6.45, 7) is 6.14. The van der Waals surface area contributed by atoms with E-state index in [1.165, 1.54) is 11.8 Å². The molecule has 2 amide bonds. The van der Waals surface area contributed by atoms with Crippen molar-refractivity contribution in [2.75, 3.05) is 5.75 Å². The highest BCUT2D eigenvalue weighted by Gasteiger charge is 2.32. The highest BCUT2D eigenvalue weighted by molar-refractivity contribution is 9.10. The van der Waals surface area contributed by atoms with Crippen molar-refractivity contribution >= 4 is 62.7 Å². The van der Waals surface area contributed by atoms with E-state index in [0.717, 1.165) is 21.2 Å². The van der Waals surface area contributed by atoms with Crippen molar-refractivity contribution in [1.82, 2.24) is 10.2 Å². The lowest BCUT2D eigenvalue weighted by molar-refractivity contribution is -0.140. The van der Waals surface area contributed by atoms with Gasteiger partial charge in [0.25, 0.3) is 0 Å². The number of thioether (sulfide) groups is 1. The maximum Gasteiger partial charge on any atom is 0.243 e. The van der Waals surface area contributed by atoms with Crippen molar-refractivity contribution in [3.8, 4) is 0 Å². The monoisotopic (exact) mass is 620 g/mol. The number of nitrogens with zero attached hydrogens (tertiary/aromatic N) is 1. The van der Waals surface area contributed by atoms with Gasteiger partial charge in [-0.1, -0.05) is 87.7 Å². The summed E-state index contributed by atoms with van der Waals surface area (Å²) in [7, 11) is 0. The molecule has 0 saturated heterocycles. The average molecular weight is 622 g/mol. The Morgan fingerprint density at radius 3 is 2.32 bits per heavy atom. The van der Waals surface area contributed by atoms with Crippen LogP contribution in [0.4, 0.5) is 0 Å². The Hall–Kier alpha value is -1.99. The van der Waals surface area contributed by atoms with Crippen LogP contribution in [0.3, 0.4) is 0 Å². The van der Waals surface area contributed by atoms with Crippen molar-refractivity contribution in [2.24, 2.45) is 0 Å². The molecule has 0 aliphatic carbocycles. The zero-order valence-electron chi connectivity index (χ0n) is 21.1. The number of hydrogen-bond donors (Lipinski definition) is 1. The molecule has 1 N–H and O–H groups in total. The Morgan fingerprint density at radius 1 is 0.973 bits per heavy atom. The van der Waals surface area contributed by atoms with E-state index in [2.05, 4.69) is 21.2 Å². The highest BCUT2D eigenvalue weighted by atomic mass is 79.9. The van der Waals surface area contributed by atoms with Crippen LogP contribution < -0.4 is 5.32 Å². The molecule has 0 radical (unpaired) electrons. The molecule has 37 heavy (non-hydrogen) atoms. The molecule has 0 saturated carbocycles. The minimum Gasteiger partial charge on any atom is -0.350 e. The van der Waals surface area contributed by atoms with Crippen LogP contribution in [-0.4, -0.2) is 34.0 Å². The maximum atomic E-state index is 13.7. The Balaban J connectivity index is 1.87. The highest BCUT2D eigenvalue weighted by Crippen LogP contribution is 2.26. The molecule has 1 atom stereocenters. The predicted octanol–water partition coefficient (Wildman–Crippen LogP) is 7.54. The smallest absolute Gasteiger partial charge is 0.243 e. The second-order valence-corrected chi connectivity index (χ2v) is 12.6. The van der Waals surface area contributed by atoms with Crippen molar-refractivity contribution in [3.05, 3.63) is 104 Å². The summed E-state index contributed by atoms with van der Waals surface area (Å²) in [5, 5.41) is 4.23. The molecule has 0 aliphatic rings. The minimum atomic E-state index is -0.673. The van der Waals surface area contributed by atoms with E-state index in [9.17, 15) is 9.59 Å². The lowest BCUT2D eigenvalue weighted by atomic mass is 10.0. The van der Waals surface area contributed by atoms with Gasteiger partial charge >= 0.3 is 0 Å². The van der Waals surface area contributed by atoms with Gasteiger partial charge in [-0.15, -0.1) is 11.8 Å². The Labute approximate surface area is 242 Å². The van der Waals surface area contributed by atoms with Crippen LogP contribution in [0.2, 0.25) is 10.0 Å². The molecular formula is C29H31BrCl2N2O2S. The van der Waals surface area contributed by atoms with Gasteiger partial charge in [0.05, 0.1) is 5.75 Å². The van der Waals surface area contributed by atoms with E-state index >= 15 is 0 Å². The van der Waals surface area contributed by atoms with Gasteiger partial charge in [0, 0.05) is 38.8 Å². The Kier molecular flexibility index (Phi) is 10.9. The van der Waals surface area contributed by atoms with E-state index in [1.807, 2.05) is 81.4 Å². The second kappa shape index (κ2) is 13.7. The number of nitrogens with one attached hydrogen (secondary N) is 1. The van der Waals surface area contributed by atoms with Gasteiger partial charge in [-0.25, -0.2) is 0 Å². The zero-order chi connectivity index (χ0) is 27.0. The summed E-state index contributed by atoms with van der Waals surface area (Å²) in [5.74, 6) is 0.482. The molecule has 0 spiro atoms. The van der Waals surface area contributed by atoms with Crippen LogP contribution in [0.15, 0.2) is 77.3 Å². The van der Waals surface area contributed by atoms with E-state index in [1.54, 1.807) is 17.0 Å². The molecule has 0 heterocycles. The number of carbonyl (C=O) groups is 2. The van der Waals surface area contributed by atoms with Gasteiger partial charge in [-0.05, 0) is 61.7 Å². The molecule has 3 aromatic rings. The molecule has 0 aliphatic heterocycles. The number of amides is 2. The lowest BCUT2D eigenvalue weighted by Gasteiger charge is -2.34. The first-order chi connectivity index (χ1) is 17.5. The number of carbonyl (C=O) groups excluding carboxylic acids is 2. The topological polar surface area (TPSA) is 49.4 Å². The fourth-order valence-electron chi connectivity index (χ4n) is 3.81. The average Bonchev–Trinajstić information content (AvgIpc) is 2.82. The second-order valence-electron chi connectivity index (χ2n) is 9.82. The van der Waals surface area contributed by atoms with Gasteiger partial charge in [0.15, 0.2) is 0 Å². The van der Waals surface area contributed by atoms with Crippen LogP contribution in [0, 0.1) is 0 Å². The first-order valence-electron chi connectivity index (χ1n) is 11.9. The third kappa shape index (κ3) is 9.68. The van der Waals surface area contributed by atoms with Gasteiger partial charge in [-0.3, -0.25) is 9.59 Å². The summed E-state index contributed by atoms with van der Waals surface area (Å²) in [6.07, 6.45) is 0.413. The number of hydrogen-bond acceptors (Lipinski definition) is 3. The van der Waals surface area contributed by atoms with Crippen molar-refractivity contribution in [3.63, 3.8) is 0 Å². The maximum absolute atomic E-state index is 13.7. The van der Waals surface area contributed by atoms with Gasteiger partial charge in [0.2, 0.25) is 11.8 Å². The normalized spacial score (nSPS) is 12.2. The van der Waals surface area contributed by atoms with E-state index < -0.39 is 11.6 Å². The standard InChI is InChI=1S/C29H31BrCl2N2O2S/c1-29(2,3)33-28(36)26(15-20-8-5-4-6-9-20)34(17-21-10-7-11-23(30)14-21)27(35)19-37-18-22-12-13-24(31)16-25(22)32/h4-14,16,26H,15,17-19H2,1-3H3,(H,33,36)/t26-/m1/s1. The molecule has 196 valence electrons. The fraction of sp³-hybridized carbons (Fsp3) is 0.310. The van der Waals surface area contributed by atoms with Gasteiger partial charge < -0.3 is 10.2 Å². The first-order valence-corrected chi connectivity index (χ1v) is 14.6. The quantitative estimate of drug-likeness (QED) is 0.254. The number of halogens is 3. The van der Waals surface area contributed by atoms with Crippen molar-refractivity contribution in [2.45, 2.75) is 51.1 Å². The summed E-state index contributed by atoms with van der Waals surface area (Å²) in [6, 6.07) is 22.3. The van der Waals surface area contributed by atoms with Crippen LogP contribution in [0.25, 0.3) is 0 Å². The van der Waals surface area contributed by atoms with Crippen LogP contribution >= 0.6 is 50.9 Å². The molecule has 8 heteroatoms. The first kappa shape index (κ1) is 29.6. The van der Waals surface area contributed by atoms with E-state index in [4.69, 9.17) is 23.2 Å². The summed E-state index contributed by atoms with van der Waals surface area (Å²) in [5.41, 5.74) is 2.41. The fourth-order valence-corrected chi connectivity index (χ4v) is 5.72. The molecule has 0 aromatic heterocycles. The molecule has 0 unspecified atom stereocenters. The number of benzene rings is 3. The van der Waals surface area contributed by atoms with Crippen LogP contribution in [0.1, 0.15) is 37.5 Å². The van der Waals surface area contributed by atoms with Gasteiger partial charge in [-0.2, -0.15) is 0 Å². The molecule has 0 bridgehead atoms. The largest absolute Gasteiger partial charge is 0.350 e. The number of rotatable bonds is 10. The predicted molar refractivity (Wildman–Crippen MR) is 159 cm³/mol. The minimum absolute atomic E-state index is 0.111. The van der Waals surface area contributed by atoms with Crippen LogP contribution in [0.5, 0.6) is 0 Å². The third-order valence-corrected chi connectivity index (χ3v) is 7.56. The summed E-state index contributed by atoms with van der Waals surface area (Å²) in [4.78, 5) is 29.0. The summed E-state index contributed by atoms with van der Waals surface area (Å²) < 4.78 is 0.919. The Morgan fingerprint density at radius 2 is 1.68 bits per heavy atom. The zero-order valence-corrected chi connectivity index (χ0v) is 25.1. The van der Waals surface area contributed by atoms with Gasteiger partial charge in [0.1, 0.15) is 6.04 Å². The van der Waals surface area contributed by atoms with Crippen LogP contribution in [-0.2, 0) is 28.3 Å². The summed E-state index contributed by atoms with van der Waals surface area (Å²) >= 11 is 17.3. The molecular weight excluding hydrogens is 591 g/mol. The van der Waals surface area contributed by atoms with Crippen molar-refractivity contribution in [1.29, 1.82) is 0 Å². The molecule has 0 fully saturated rings. The Bertz CT molecular complexity index is 1220. The van der Waals surface area contributed by atoms with E-state index in [-0.39, 0.29) is 17.6 Å². The third-order valence-electron chi connectivity index (χ3n) is 5.51. The van der Waals surface area contributed by atoms with Crippen molar-refractivity contribution < 1.29 is 9.59 Å². The SMILES string of the molecule is CC(C)(C)NC(=O)[C@@H](Cc1ccccc1)N(Cc1cccc(Br)c1)C(=O)CSCc1ccc(Cl)cc1Cl. The van der Waals surface area contributed by atoms with E-state index in [0.29, 0.717) is 28.8 Å². The molecule has 3 rings (SSSR count).